The Morgan fingerprint density at radius 2 is 2.16 bits per heavy atom. The highest BCUT2D eigenvalue weighted by Crippen LogP contribution is 2.25. The van der Waals surface area contributed by atoms with Crippen molar-refractivity contribution in [3.63, 3.8) is 0 Å². The zero-order chi connectivity index (χ0) is 13.5. The Balaban J connectivity index is 1.88. The average molecular weight is 263 g/mol. The van der Waals surface area contributed by atoms with Crippen molar-refractivity contribution in [2.75, 3.05) is 18.5 Å². The lowest BCUT2D eigenvalue weighted by Gasteiger charge is -2.14. The van der Waals surface area contributed by atoms with E-state index in [-0.39, 0.29) is 12.5 Å². The van der Waals surface area contributed by atoms with Crippen molar-refractivity contribution >= 4 is 11.6 Å². The highest BCUT2D eigenvalue weighted by atomic mass is 16.5. The lowest BCUT2D eigenvalue weighted by Crippen LogP contribution is -2.18. The van der Waals surface area contributed by atoms with E-state index in [0.717, 1.165) is 24.3 Å². The van der Waals surface area contributed by atoms with Gasteiger partial charge in [-0.2, -0.15) is 0 Å². The van der Waals surface area contributed by atoms with Crippen LogP contribution >= 0.6 is 0 Å². The molecule has 1 saturated carbocycles. The molecule has 0 unspecified atom stereocenters. The minimum absolute atomic E-state index is 0.0875. The van der Waals surface area contributed by atoms with Gasteiger partial charge in [-0.1, -0.05) is 6.07 Å². The molecule has 2 rings (SSSR count). The maximum Gasteiger partial charge on any atom is 0.250 e. The summed E-state index contributed by atoms with van der Waals surface area (Å²) in [5.41, 5.74) is 0.750. The number of nitrogens with one attached hydrogen (secondary N) is 1. The van der Waals surface area contributed by atoms with Crippen LogP contribution < -0.4 is 10.1 Å². The molecule has 0 aromatic heterocycles. The first-order chi connectivity index (χ1) is 9.28. The maximum atomic E-state index is 11.6. The number of amides is 1. The molecule has 1 N–H and O–H groups in total. The third-order valence-electron chi connectivity index (χ3n) is 3.16. The highest BCUT2D eigenvalue weighted by molar-refractivity contribution is 5.91. The van der Waals surface area contributed by atoms with Gasteiger partial charge in [-0.25, -0.2) is 0 Å². The van der Waals surface area contributed by atoms with Crippen LogP contribution in [-0.2, 0) is 9.53 Å². The number of hydrogen-bond donors (Lipinski definition) is 1. The lowest BCUT2D eigenvalue weighted by atomic mass is 10.2. The molecular weight excluding hydrogens is 242 g/mol. The van der Waals surface area contributed by atoms with Crippen LogP contribution in [0, 0.1) is 0 Å². The van der Waals surface area contributed by atoms with Gasteiger partial charge < -0.3 is 14.8 Å². The van der Waals surface area contributed by atoms with E-state index in [4.69, 9.17) is 9.47 Å². The van der Waals surface area contributed by atoms with Gasteiger partial charge in [-0.15, -0.1) is 0 Å². The highest BCUT2D eigenvalue weighted by Gasteiger charge is 2.16. The van der Waals surface area contributed by atoms with Crippen molar-refractivity contribution in [3.05, 3.63) is 24.3 Å². The topological polar surface area (TPSA) is 47.6 Å². The van der Waals surface area contributed by atoms with Crippen LogP contribution in [-0.4, -0.2) is 25.2 Å². The van der Waals surface area contributed by atoms with E-state index in [2.05, 4.69) is 5.32 Å². The molecular formula is C15H21NO3. The Kier molecular flexibility index (Phi) is 5.21. The Hall–Kier alpha value is -1.55. The lowest BCUT2D eigenvalue weighted by molar-refractivity contribution is -0.120. The number of ether oxygens (including phenoxy) is 2. The van der Waals surface area contributed by atoms with Gasteiger partial charge in [-0.3, -0.25) is 4.79 Å². The summed E-state index contributed by atoms with van der Waals surface area (Å²) in [5.74, 6) is 0.681. The van der Waals surface area contributed by atoms with Gasteiger partial charge in [0, 0.05) is 18.4 Å². The molecule has 1 amide bonds. The fourth-order valence-electron chi connectivity index (χ4n) is 2.24. The van der Waals surface area contributed by atoms with Crippen molar-refractivity contribution in [2.45, 2.75) is 38.7 Å². The summed E-state index contributed by atoms with van der Waals surface area (Å²) in [5, 5.41) is 2.80. The van der Waals surface area contributed by atoms with Crippen LogP contribution in [0.5, 0.6) is 5.75 Å². The second-order valence-electron chi connectivity index (χ2n) is 4.74. The molecule has 104 valence electrons. The molecule has 1 aliphatic carbocycles. The normalized spacial score (nSPS) is 15.4. The van der Waals surface area contributed by atoms with Gasteiger partial charge in [0.1, 0.15) is 12.4 Å². The second-order valence-corrected chi connectivity index (χ2v) is 4.74. The molecule has 1 fully saturated rings. The summed E-state index contributed by atoms with van der Waals surface area (Å²) in [6, 6.07) is 7.53. The zero-order valence-electron chi connectivity index (χ0n) is 11.4. The minimum Gasteiger partial charge on any atom is -0.490 e. The first kappa shape index (κ1) is 13.9. The summed E-state index contributed by atoms with van der Waals surface area (Å²) in [6.45, 7) is 2.49. The molecule has 19 heavy (non-hydrogen) atoms. The molecule has 0 atom stereocenters. The summed E-state index contributed by atoms with van der Waals surface area (Å²) in [4.78, 5) is 11.6. The summed E-state index contributed by atoms with van der Waals surface area (Å²) in [6.07, 6.45) is 5.07. The molecule has 4 nitrogen and oxygen atoms in total. The van der Waals surface area contributed by atoms with Crippen molar-refractivity contribution < 1.29 is 14.3 Å². The monoisotopic (exact) mass is 263 g/mol. The third-order valence-corrected chi connectivity index (χ3v) is 3.16. The first-order valence-electron chi connectivity index (χ1n) is 6.92. The Bertz CT molecular complexity index is 414. The van der Waals surface area contributed by atoms with E-state index in [0.29, 0.717) is 12.7 Å². The number of benzene rings is 1. The predicted molar refractivity (Wildman–Crippen MR) is 74.4 cm³/mol. The SMILES string of the molecule is CCOCC(=O)Nc1cccc(OC2CCCC2)c1. The van der Waals surface area contributed by atoms with Crippen molar-refractivity contribution in [3.8, 4) is 5.75 Å². The summed E-state index contributed by atoms with van der Waals surface area (Å²) in [7, 11) is 0. The Labute approximate surface area is 114 Å². The fourth-order valence-corrected chi connectivity index (χ4v) is 2.24. The Morgan fingerprint density at radius 3 is 2.89 bits per heavy atom. The van der Waals surface area contributed by atoms with Crippen LogP contribution in [0.3, 0.4) is 0 Å². The predicted octanol–water partition coefficient (Wildman–Crippen LogP) is 2.98. The van der Waals surface area contributed by atoms with E-state index in [1.807, 2.05) is 31.2 Å². The van der Waals surface area contributed by atoms with E-state index in [9.17, 15) is 4.79 Å². The van der Waals surface area contributed by atoms with Crippen LogP contribution in [0.15, 0.2) is 24.3 Å². The molecule has 0 saturated heterocycles. The average Bonchev–Trinajstić information content (AvgIpc) is 2.89. The summed E-state index contributed by atoms with van der Waals surface area (Å²) >= 11 is 0. The van der Waals surface area contributed by atoms with Crippen molar-refractivity contribution in [1.82, 2.24) is 0 Å². The molecule has 0 bridgehead atoms. The van der Waals surface area contributed by atoms with E-state index in [1.54, 1.807) is 0 Å². The number of carbonyl (C=O) groups excluding carboxylic acids is 1. The molecule has 0 spiro atoms. The number of rotatable bonds is 6. The van der Waals surface area contributed by atoms with Crippen LogP contribution in [0.4, 0.5) is 5.69 Å². The molecule has 4 heteroatoms. The van der Waals surface area contributed by atoms with E-state index >= 15 is 0 Å². The Morgan fingerprint density at radius 1 is 1.37 bits per heavy atom. The molecule has 0 heterocycles. The molecule has 1 aromatic carbocycles. The standard InChI is InChI=1S/C15H21NO3/c1-2-18-11-15(17)16-12-6-5-9-14(10-12)19-13-7-3-4-8-13/h5-6,9-10,13H,2-4,7-8,11H2,1H3,(H,16,17). The largest absolute Gasteiger partial charge is 0.490 e. The van der Waals surface area contributed by atoms with Gasteiger partial charge in [-0.05, 0) is 44.7 Å². The first-order valence-corrected chi connectivity index (χ1v) is 6.92. The van der Waals surface area contributed by atoms with Crippen molar-refractivity contribution in [1.29, 1.82) is 0 Å². The fraction of sp³-hybridized carbons (Fsp3) is 0.533. The van der Waals surface area contributed by atoms with E-state index < -0.39 is 0 Å². The molecule has 0 aliphatic heterocycles. The van der Waals surface area contributed by atoms with Crippen LogP contribution in [0.2, 0.25) is 0 Å². The van der Waals surface area contributed by atoms with Gasteiger partial charge in [0.05, 0.1) is 6.10 Å². The third kappa shape index (κ3) is 4.56. The number of anilines is 1. The van der Waals surface area contributed by atoms with Crippen LogP contribution in [0.25, 0.3) is 0 Å². The van der Waals surface area contributed by atoms with Gasteiger partial charge in [0.15, 0.2) is 0 Å². The van der Waals surface area contributed by atoms with Crippen molar-refractivity contribution in [2.24, 2.45) is 0 Å². The van der Waals surface area contributed by atoms with Gasteiger partial charge in [0.25, 0.3) is 0 Å². The quantitative estimate of drug-likeness (QED) is 0.858. The number of carbonyl (C=O) groups is 1. The minimum atomic E-state index is -0.139. The van der Waals surface area contributed by atoms with Gasteiger partial charge in [0.2, 0.25) is 5.91 Å². The maximum absolute atomic E-state index is 11.6. The molecule has 0 radical (unpaired) electrons. The molecule has 1 aromatic rings. The van der Waals surface area contributed by atoms with E-state index in [1.165, 1.54) is 12.8 Å². The van der Waals surface area contributed by atoms with Crippen LogP contribution in [0.1, 0.15) is 32.6 Å². The second kappa shape index (κ2) is 7.14. The zero-order valence-corrected chi connectivity index (χ0v) is 11.4. The number of hydrogen-bond acceptors (Lipinski definition) is 3. The van der Waals surface area contributed by atoms with Gasteiger partial charge >= 0.3 is 0 Å². The summed E-state index contributed by atoms with van der Waals surface area (Å²) < 4.78 is 11.0. The smallest absolute Gasteiger partial charge is 0.250 e. The molecule has 1 aliphatic rings.